The van der Waals surface area contributed by atoms with E-state index in [0.717, 1.165) is 5.75 Å². The number of benzene rings is 1. The summed E-state index contributed by atoms with van der Waals surface area (Å²) >= 11 is 1.46. The maximum absolute atomic E-state index is 14.3. The average molecular weight is 333 g/mol. The van der Waals surface area contributed by atoms with Gasteiger partial charge in [-0.3, -0.25) is 14.9 Å². The minimum Gasteiger partial charge on any atom is -0.379 e. The van der Waals surface area contributed by atoms with E-state index in [9.17, 15) is 9.18 Å². The summed E-state index contributed by atoms with van der Waals surface area (Å²) in [6.07, 6.45) is 2.23. The zero-order valence-electron chi connectivity index (χ0n) is 12.5. The highest BCUT2D eigenvalue weighted by atomic mass is 32.2. The molecule has 0 saturated heterocycles. The Hall–Kier alpha value is -2.35. The van der Waals surface area contributed by atoms with Crippen molar-refractivity contribution < 1.29 is 9.18 Å². The van der Waals surface area contributed by atoms with E-state index in [2.05, 4.69) is 20.5 Å². The molecule has 1 aromatic carbocycles. The van der Waals surface area contributed by atoms with Gasteiger partial charge in [-0.15, -0.1) is 0 Å². The number of thioether (sulfide) groups is 1. The lowest BCUT2D eigenvalue weighted by Crippen LogP contribution is -2.29. The topological polar surface area (TPSA) is 96.2 Å². The van der Waals surface area contributed by atoms with Crippen LogP contribution in [0.15, 0.2) is 35.5 Å². The first-order chi connectivity index (χ1) is 11.0. The van der Waals surface area contributed by atoms with Gasteiger partial charge < -0.3 is 11.1 Å². The smallest absolute Gasteiger partial charge is 0.276 e. The quantitative estimate of drug-likeness (QED) is 0.804. The number of nitrogens with two attached hydrogens (primary N) is 1. The van der Waals surface area contributed by atoms with E-state index in [1.807, 2.05) is 6.92 Å². The Balaban J connectivity index is 1.90. The highest BCUT2D eigenvalue weighted by Gasteiger charge is 2.32. The van der Waals surface area contributed by atoms with E-state index < -0.39 is 5.54 Å². The number of hydrogen-bond acceptors (Lipinski definition) is 5. The van der Waals surface area contributed by atoms with Crippen molar-refractivity contribution in [2.45, 2.75) is 18.9 Å². The third-order valence-corrected chi connectivity index (χ3v) is 4.53. The normalized spacial score (nSPS) is 20.9. The summed E-state index contributed by atoms with van der Waals surface area (Å²) in [4.78, 5) is 16.4. The second kappa shape index (κ2) is 6.04. The molecule has 23 heavy (non-hydrogen) atoms. The molecule has 2 aromatic rings. The van der Waals surface area contributed by atoms with Crippen molar-refractivity contribution in [3.05, 3.63) is 47.5 Å². The number of rotatable bonds is 3. The number of halogens is 1. The molecule has 120 valence electrons. The maximum Gasteiger partial charge on any atom is 0.276 e. The second-order valence-corrected chi connectivity index (χ2v) is 6.55. The molecule has 1 atom stereocenters. The molecule has 2 heterocycles. The van der Waals surface area contributed by atoms with Gasteiger partial charge in [-0.1, -0.05) is 11.8 Å². The molecule has 1 unspecified atom stereocenters. The fourth-order valence-corrected chi connectivity index (χ4v) is 3.45. The zero-order chi connectivity index (χ0) is 16.4. The number of amides is 1. The molecular formula is C15H16FN5OS. The van der Waals surface area contributed by atoms with Gasteiger partial charge >= 0.3 is 0 Å². The lowest BCUT2D eigenvalue weighted by atomic mass is 9.89. The Morgan fingerprint density at radius 3 is 3.00 bits per heavy atom. The number of amidine groups is 1. The lowest BCUT2D eigenvalue weighted by Gasteiger charge is -2.30. The van der Waals surface area contributed by atoms with Gasteiger partial charge in [-0.25, -0.2) is 4.39 Å². The molecule has 6 nitrogen and oxygen atoms in total. The third-order valence-electron chi connectivity index (χ3n) is 3.73. The summed E-state index contributed by atoms with van der Waals surface area (Å²) in [5.74, 6) is 0.0414. The Kier molecular flexibility index (Phi) is 4.08. The number of aromatic nitrogens is 2. The molecule has 0 spiro atoms. The van der Waals surface area contributed by atoms with Crippen LogP contribution in [0.3, 0.4) is 0 Å². The monoisotopic (exact) mass is 333 g/mol. The molecule has 0 bridgehead atoms. The van der Waals surface area contributed by atoms with Crippen molar-refractivity contribution >= 4 is 28.5 Å². The number of anilines is 1. The predicted molar refractivity (Wildman–Crippen MR) is 89.0 cm³/mol. The number of nitrogens with one attached hydrogen (secondary N) is 2. The highest BCUT2D eigenvalue weighted by Crippen LogP contribution is 2.37. The van der Waals surface area contributed by atoms with Crippen LogP contribution in [0.5, 0.6) is 0 Å². The van der Waals surface area contributed by atoms with Gasteiger partial charge in [0.15, 0.2) is 5.17 Å². The van der Waals surface area contributed by atoms with Crippen LogP contribution in [0.1, 0.15) is 29.4 Å². The van der Waals surface area contributed by atoms with E-state index in [0.29, 0.717) is 22.8 Å². The van der Waals surface area contributed by atoms with Crippen molar-refractivity contribution in [1.29, 1.82) is 0 Å². The lowest BCUT2D eigenvalue weighted by molar-refractivity contribution is 0.102. The summed E-state index contributed by atoms with van der Waals surface area (Å²) in [7, 11) is 0. The molecular weight excluding hydrogens is 317 g/mol. The Morgan fingerprint density at radius 1 is 1.48 bits per heavy atom. The number of nitrogens with zero attached hydrogens (tertiary/aromatic N) is 2. The zero-order valence-corrected chi connectivity index (χ0v) is 13.3. The first-order valence-electron chi connectivity index (χ1n) is 7.07. The fraction of sp³-hybridized carbons (Fsp3) is 0.267. The van der Waals surface area contributed by atoms with Crippen LogP contribution in [0.25, 0.3) is 0 Å². The summed E-state index contributed by atoms with van der Waals surface area (Å²) in [6.45, 7) is 1.84. The van der Waals surface area contributed by atoms with E-state index in [1.165, 1.54) is 23.9 Å². The molecule has 1 amide bonds. The Morgan fingerprint density at radius 2 is 2.30 bits per heavy atom. The first-order valence-corrected chi connectivity index (χ1v) is 8.06. The minimum atomic E-state index is -0.730. The predicted octanol–water partition coefficient (Wildman–Crippen LogP) is 2.47. The molecule has 0 saturated carbocycles. The van der Waals surface area contributed by atoms with Gasteiger partial charge in [0, 0.05) is 23.2 Å². The summed E-state index contributed by atoms with van der Waals surface area (Å²) < 4.78 is 14.3. The van der Waals surface area contributed by atoms with Crippen LogP contribution in [0, 0.1) is 5.82 Å². The number of H-pyrrole nitrogens is 1. The molecule has 0 fully saturated rings. The standard InChI is InChI=1S/C15H16FN5OS/c1-15(5-7-23-14(17)20-15)10-8-9(2-3-11(10)16)19-13(22)12-4-6-18-21-12/h2-4,6,8H,5,7H2,1H3,(H2,17,20)(H,18,21)(H,19,22). The molecule has 1 aromatic heterocycles. The summed E-state index contributed by atoms with van der Waals surface area (Å²) in [5.41, 5.74) is 6.23. The molecule has 1 aliphatic heterocycles. The van der Waals surface area contributed by atoms with Gasteiger partial charge in [0.2, 0.25) is 0 Å². The maximum atomic E-state index is 14.3. The number of carbonyl (C=O) groups is 1. The third kappa shape index (κ3) is 3.21. The number of aliphatic imine (C=N–C) groups is 1. The second-order valence-electron chi connectivity index (χ2n) is 5.43. The summed E-state index contributed by atoms with van der Waals surface area (Å²) in [5, 5.41) is 9.54. The first kappa shape index (κ1) is 15.5. The minimum absolute atomic E-state index is 0.262. The molecule has 8 heteroatoms. The molecule has 4 N–H and O–H groups in total. The van der Waals surface area contributed by atoms with Crippen molar-refractivity contribution in [3.8, 4) is 0 Å². The molecule has 0 radical (unpaired) electrons. The van der Waals surface area contributed by atoms with Crippen LogP contribution < -0.4 is 11.1 Å². The largest absolute Gasteiger partial charge is 0.379 e. The Bertz CT molecular complexity index is 761. The van der Waals surface area contributed by atoms with Gasteiger partial charge in [0.05, 0.1) is 5.54 Å². The molecule has 1 aliphatic rings. The van der Waals surface area contributed by atoms with Gasteiger partial charge in [0.1, 0.15) is 11.5 Å². The Labute approximate surface area is 136 Å². The van der Waals surface area contributed by atoms with Crippen molar-refractivity contribution in [1.82, 2.24) is 10.2 Å². The summed E-state index contributed by atoms with van der Waals surface area (Å²) in [6, 6.07) is 6.00. The van der Waals surface area contributed by atoms with Crippen LogP contribution in [0.4, 0.5) is 10.1 Å². The van der Waals surface area contributed by atoms with Gasteiger partial charge in [0.25, 0.3) is 5.91 Å². The van der Waals surface area contributed by atoms with E-state index in [-0.39, 0.29) is 17.4 Å². The van der Waals surface area contributed by atoms with E-state index in [4.69, 9.17) is 5.73 Å². The molecule has 0 aliphatic carbocycles. The van der Waals surface area contributed by atoms with Crippen LogP contribution in [0.2, 0.25) is 0 Å². The van der Waals surface area contributed by atoms with Crippen LogP contribution in [-0.2, 0) is 5.54 Å². The molecule has 3 rings (SSSR count). The van der Waals surface area contributed by atoms with Crippen LogP contribution in [-0.4, -0.2) is 27.0 Å². The fourth-order valence-electron chi connectivity index (χ4n) is 2.48. The van der Waals surface area contributed by atoms with Gasteiger partial charge in [-0.2, -0.15) is 5.10 Å². The number of carbonyl (C=O) groups excluding carboxylic acids is 1. The van der Waals surface area contributed by atoms with Crippen molar-refractivity contribution in [3.63, 3.8) is 0 Å². The number of hydrogen-bond donors (Lipinski definition) is 3. The van der Waals surface area contributed by atoms with Crippen molar-refractivity contribution in [2.24, 2.45) is 10.7 Å². The van der Waals surface area contributed by atoms with E-state index >= 15 is 0 Å². The highest BCUT2D eigenvalue weighted by molar-refractivity contribution is 8.13. The van der Waals surface area contributed by atoms with Crippen molar-refractivity contribution in [2.75, 3.05) is 11.1 Å². The SMILES string of the molecule is CC1(c2cc(NC(=O)c3cc[nH]n3)ccc2F)CCSC(N)=N1. The van der Waals surface area contributed by atoms with Crippen LogP contribution >= 0.6 is 11.8 Å². The number of aromatic amines is 1. The average Bonchev–Trinajstić information content (AvgIpc) is 3.03. The van der Waals surface area contributed by atoms with Gasteiger partial charge in [-0.05, 0) is 37.6 Å². The van der Waals surface area contributed by atoms with E-state index in [1.54, 1.807) is 18.3 Å².